The van der Waals surface area contributed by atoms with Gasteiger partial charge in [0.15, 0.2) is 6.04 Å². The summed E-state index contributed by atoms with van der Waals surface area (Å²) in [5.74, 6) is 0.964. The maximum absolute atomic E-state index is 2.54. The van der Waals surface area contributed by atoms with Crippen LogP contribution in [0.1, 0.15) is 59.3 Å². The van der Waals surface area contributed by atoms with Crippen molar-refractivity contribution >= 4 is 5.71 Å². The Labute approximate surface area is 89.2 Å². The van der Waals surface area contributed by atoms with Crippen LogP contribution in [0.4, 0.5) is 0 Å². The van der Waals surface area contributed by atoms with Gasteiger partial charge in [0.25, 0.3) is 0 Å². The quantitative estimate of drug-likeness (QED) is 0.608. The normalized spacial score (nSPS) is 29.1. The van der Waals surface area contributed by atoms with Gasteiger partial charge in [0, 0.05) is 26.2 Å². The highest BCUT2D eigenvalue weighted by Gasteiger charge is 2.26. The highest BCUT2D eigenvalue weighted by atomic mass is 15.0. The van der Waals surface area contributed by atoms with Gasteiger partial charge in [0.2, 0.25) is 0 Å². The lowest BCUT2D eigenvalue weighted by atomic mass is 9.92. The summed E-state index contributed by atoms with van der Waals surface area (Å²) >= 11 is 0. The van der Waals surface area contributed by atoms with E-state index in [0.29, 0.717) is 0 Å². The van der Waals surface area contributed by atoms with Gasteiger partial charge in [-0.3, -0.25) is 0 Å². The minimum atomic E-state index is 0.812. The van der Waals surface area contributed by atoms with Gasteiger partial charge < -0.3 is 0 Å². The summed E-state index contributed by atoms with van der Waals surface area (Å²) in [5, 5.41) is 0. The summed E-state index contributed by atoms with van der Waals surface area (Å²) < 4.78 is 2.54. The third-order valence-corrected chi connectivity index (χ3v) is 3.87. The molecule has 1 aliphatic rings. The van der Waals surface area contributed by atoms with Gasteiger partial charge in [-0.1, -0.05) is 20.3 Å². The average Bonchev–Trinajstić information content (AvgIpc) is 2.32. The van der Waals surface area contributed by atoms with Crippen LogP contribution in [0, 0.1) is 5.92 Å². The Bertz CT molecular complexity index is 205. The third-order valence-electron chi connectivity index (χ3n) is 3.87. The van der Waals surface area contributed by atoms with E-state index in [1.54, 1.807) is 5.71 Å². The number of nitrogens with zero attached hydrogens (tertiary/aromatic N) is 1. The Morgan fingerprint density at radius 3 is 2.64 bits per heavy atom. The molecule has 82 valence electrons. The van der Waals surface area contributed by atoms with Gasteiger partial charge in [-0.2, -0.15) is 0 Å². The Balaban J connectivity index is 2.69. The van der Waals surface area contributed by atoms with Crippen molar-refractivity contribution in [2.75, 3.05) is 7.05 Å². The monoisotopic (exact) mass is 196 g/mol. The first-order chi connectivity index (χ1) is 6.69. The lowest BCUT2D eigenvalue weighted by molar-refractivity contribution is -0.541. The summed E-state index contributed by atoms with van der Waals surface area (Å²) in [5.41, 5.74) is 1.60. The standard InChI is InChI=1S/C13H26N/c1-5-7-13-10-12(6-2)9-8-11(3)14(13)4/h12-13H,5-10H2,1-4H3/q+1. The lowest BCUT2D eigenvalue weighted by Gasteiger charge is -2.16. The molecule has 2 unspecified atom stereocenters. The van der Waals surface area contributed by atoms with E-state index in [1.165, 1.54) is 38.5 Å². The molecule has 0 aromatic heterocycles. The number of hydrogen-bond donors (Lipinski definition) is 0. The van der Waals surface area contributed by atoms with E-state index < -0.39 is 0 Å². The molecule has 1 nitrogen and oxygen atoms in total. The molecule has 1 heteroatoms. The van der Waals surface area contributed by atoms with Crippen molar-refractivity contribution in [1.29, 1.82) is 0 Å². The van der Waals surface area contributed by atoms with Crippen LogP contribution >= 0.6 is 0 Å². The second-order valence-electron chi connectivity index (χ2n) is 4.84. The van der Waals surface area contributed by atoms with Gasteiger partial charge in [-0.05, 0) is 18.8 Å². The van der Waals surface area contributed by atoms with E-state index in [9.17, 15) is 0 Å². The van der Waals surface area contributed by atoms with Crippen LogP contribution in [-0.2, 0) is 0 Å². The van der Waals surface area contributed by atoms with Crippen LogP contribution in [0.5, 0.6) is 0 Å². The molecule has 0 aromatic carbocycles. The van der Waals surface area contributed by atoms with Crippen molar-refractivity contribution in [2.24, 2.45) is 5.92 Å². The van der Waals surface area contributed by atoms with Crippen molar-refractivity contribution in [3.8, 4) is 0 Å². The molecule has 14 heavy (non-hydrogen) atoms. The van der Waals surface area contributed by atoms with Crippen molar-refractivity contribution in [3.63, 3.8) is 0 Å². The zero-order valence-electron chi connectivity index (χ0n) is 10.3. The average molecular weight is 196 g/mol. The molecule has 0 fully saturated rings. The summed E-state index contributed by atoms with van der Waals surface area (Å²) in [4.78, 5) is 0. The molecule has 0 aromatic rings. The lowest BCUT2D eigenvalue weighted by Crippen LogP contribution is -2.26. The molecule has 0 bridgehead atoms. The maximum atomic E-state index is 2.54. The Morgan fingerprint density at radius 1 is 1.36 bits per heavy atom. The second kappa shape index (κ2) is 5.53. The van der Waals surface area contributed by atoms with Crippen LogP contribution < -0.4 is 0 Å². The van der Waals surface area contributed by atoms with E-state index in [-0.39, 0.29) is 0 Å². The van der Waals surface area contributed by atoms with Crippen molar-refractivity contribution in [1.82, 2.24) is 0 Å². The fourth-order valence-corrected chi connectivity index (χ4v) is 2.58. The minimum Gasteiger partial charge on any atom is -0.237 e. The van der Waals surface area contributed by atoms with Crippen LogP contribution in [0.2, 0.25) is 0 Å². The SMILES string of the molecule is CCCC1CC(CC)CCC(C)=[N+]1C. The van der Waals surface area contributed by atoms with Gasteiger partial charge in [-0.25, -0.2) is 4.58 Å². The predicted molar refractivity (Wildman–Crippen MR) is 63.2 cm³/mol. The molecule has 0 spiro atoms. The molecular weight excluding hydrogens is 170 g/mol. The molecular formula is C13H26N+. The summed E-state index contributed by atoms with van der Waals surface area (Å²) in [7, 11) is 2.29. The summed E-state index contributed by atoms with van der Waals surface area (Å²) in [6.45, 7) is 6.95. The van der Waals surface area contributed by atoms with Gasteiger partial charge >= 0.3 is 0 Å². The fourth-order valence-electron chi connectivity index (χ4n) is 2.58. The molecule has 0 radical (unpaired) electrons. The Hall–Kier alpha value is -0.330. The molecule has 1 rings (SSSR count). The third kappa shape index (κ3) is 2.83. The topological polar surface area (TPSA) is 3.01 Å². The van der Waals surface area contributed by atoms with Crippen molar-refractivity contribution in [3.05, 3.63) is 0 Å². The molecule has 2 atom stereocenters. The first-order valence-corrected chi connectivity index (χ1v) is 6.24. The highest BCUT2D eigenvalue weighted by Crippen LogP contribution is 2.24. The molecule has 0 amide bonds. The Kier molecular flexibility index (Phi) is 4.64. The number of rotatable bonds is 3. The molecule has 0 saturated carbocycles. The van der Waals surface area contributed by atoms with Crippen molar-refractivity contribution < 1.29 is 4.58 Å². The fraction of sp³-hybridized carbons (Fsp3) is 0.923. The van der Waals surface area contributed by atoms with Gasteiger partial charge in [0.1, 0.15) is 12.8 Å². The van der Waals surface area contributed by atoms with Crippen molar-refractivity contribution in [2.45, 2.75) is 65.3 Å². The van der Waals surface area contributed by atoms with Gasteiger partial charge in [-0.15, -0.1) is 0 Å². The van der Waals surface area contributed by atoms with Crippen LogP contribution in [0.25, 0.3) is 0 Å². The van der Waals surface area contributed by atoms with E-state index in [0.717, 1.165) is 12.0 Å². The van der Waals surface area contributed by atoms with E-state index >= 15 is 0 Å². The number of hydrogen-bond acceptors (Lipinski definition) is 0. The van der Waals surface area contributed by atoms with Gasteiger partial charge in [0.05, 0.1) is 0 Å². The van der Waals surface area contributed by atoms with E-state index in [1.807, 2.05) is 0 Å². The molecule has 0 N–H and O–H groups in total. The Morgan fingerprint density at radius 2 is 2.07 bits per heavy atom. The van der Waals surface area contributed by atoms with Crippen LogP contribution in [0.15, 0.2) is 0 Å². The second-order valence-corrected chi connectivity index (χ2v) is 4.84. The predicted octanol–water partition coefficient (Wildman–Crippen LogP) is 3.47. The molecule has 0 aliphatic carbocycles. The first kappa shape index (κ1) is 11.7. The summed E-state index contributed by atoms with van der Waals surface area (Å²) in [6, 6.07) is 0.812. The maximum Gasteiger partial charge on any atom is 0.152 e. The molecule has 0 saturated heterocycles. The summed E-state index contributed by atoms with van der Waals surface area (Å²) in [6.07, 6.45) is 8.19. The zero-order chi connectivity index (χ0) is 10.6. The van der Waals surface area contributed by atoms with E-state index in [4.69, 9.17) is 0 Å². The van der Waals surface area contributed by atoms with E-state index in [2.05, 4.69) is 32.4 Å². The van der Waals surface area contributed by atoms with Crippen LogP contribution in [-0.4, -0.2) is 23.4 Å². The zero-order valence-corrected chi connectivity index (χ0v) is 10.3. The molecule has 1 heterocycles. The van der Waals surface area contributed by atoms with Crippen LogP contribution in [0.3, 0.4) is 0 Å². The molecule has 1 aliphatic heterocycles. The smallest absolute Gasteiger partial charge is 0.152 e. The largest absolute Gasteiger partial charge is 0.237 e. The minimum absolute atomic E-state index is 0.812. The highest BCUT2D eigenvalue weighted by molar-refractivity contribution is 5.77. The first-order valence-electron chi connectivity index (χ1n) is 6.24.